The van der Waals surface area contributed by atoms with Gasteiger partial charge in [-0.3, -0.25) is 9.78 Å². The van der Waals surface area contributed by atoms with Crippen molar-refractivity contribution in [3.8, 4) is 5.75 Å². The van der Waals surface area contributed by atoms with Crippen molar-refractivity contribution in [3.63, 3.8) is 0 Å². The second-order valence-electron chi connectivity index (χ2n) is 6.08. The number of aromatic nitrogens is 1. The maximum absolute atomic E-state index is 10.9. The Morgan fingerprint density at radius 2 is 2.38 bits per heavy atom. The summed E-state index contributed by atoms with van der Waals surface area (Å²) in [4.78, 5) is 15.2. The molecule has 2 aliphatic rings. The molecule has 1 saturated heterocycles. The van der Waals surface area contributed by atoms with Crippen LogP contribution in [-0.2, 0) is 4.79 Å². The van der Waals surface area contributed by atoms with E-state index in [1.54, 1.807) is 13.1 Å². The maximum Gasteiger partial charge on any atom is 0.216 e. The molecular formula is C16H23N3O2. The first kappa shape index (κ1) is 14.3. The highest BCUT2D eigenvalue weighted by Gasteiger charge is 2.38. The summed E-state index contributed by atoms with van der Waals surface area (Å²) in [7, 11) is 0. The molecule has 3 rings (SSSR count). The van der Waals surface area contributed by atoms with E-state index in [0.29, 0.717) is 17.9 Å². The smallest absolute Gasteiger partial charge is 0.216 e. The minimum absolute atomic E-state index is 0.0499. The van der Waals surface area contributed by atoms with Crippen LogP contribution in [0.2, 0.25) is 0 Å². The Kier molecular flexibility index (Phi) is 4.39. The molecule has 0 radical (unpaired) electrons. The summed E-state index contributed by atoms with van der Waals surface area (Å²) in [5, 5.41) is 6.18. The van der Waals surface area contributed by atoms with E-state index in [-0.39, 0.29) is 5.91 Å². The highest BCUT2D eigenvalue weighted by Crippen LogP contribution is 2.49. The summed E-state index contributed by atoms with van der Waals surface area (Å²) in [5.41, 5.74) is 1.27. The Bertz CT molecular complexity index is 502. The number of ether oxygens (including phenoxy) is 1. The van der Waals surface area contributed by atoms with E-state index in [1.165, 1.54) is 18.4 Å². The predicted octanol–water partition coefficient (Wildman–Crippen LogP) is 1.45. The van der Waals surface area contributed by atoms with Gasteiger partial charge in [-0.25, -0.2) is 0 Å². The molecule has 1 aliphatic carbocycles. The van der Waals surface area contributed by atoms with Crippen molar-refractivity contribution in [2.45, 2.75) is 38.1 Å². The van der Waals surface area contributed by atoms with Gasteiger partial charge in [-0.1, -0.05) is 0 Å². The zero-order valence-electron chi connectivity index (χ0n) is 12.5. The van der Waals surface area contributed by atoms with Crippen LogP contribution in [0, 0.1) is 5.92 Å². The summed E-state index contributed by atoms with van der Waals surface area (Å²) < 4.78 is 5.79. The van der Waals surface area contributed by atoms with E-state index in [2.05, 4.69) is 21.7 Å². The lowest BCUT2D eigenvalue weighted by molar-refractivity contribution is -0.118. The normalized spacial score (nSPS) is 26.8. The Labute approximate surface area is 125 Å². The molecule has 0 aromatic carbocycles. The molecule has 1 aromatic heterocycles. The number of hydrogen-bond acceptors (Lipinski definition) is 4. The predicted molar refractivity (Wildman–Crippen MR) is 80.3 cm³/mol. The zero-order valence-corrected chi connectivity index (χ0v) is 12.5. The van der Waals surface area contributed by atoms with E-state index in [1.807, 2.05) is 6.20 Å². The van der Waals surface area contributed by atoms with Crippen molar-refractivity contribution in [2.75, 3.05) is 19.7 Å². The number of amides is 1. The number of hydrogen-bond donors (Lipinski definition) is 2. The second kappa shape index (κ2) is 6.43. The zero-order chi connectivity index (χ0) is 14.7. The molecular weight excluding hydrogens is 266 g/mol. The summed E-state index contributed by atoms with van der Waals surface area (Å²) in [6.07, 6.45) is 7.16. The van der Waals surface area contributed by atoms with Crippen molar-refractivity contribution in [3.05, 3.63) is 24.0 Å². The lowest BCUT2D eigenvalue weighted by Crippen LogP contribution is -2.46. The molecule has 1 amide bonds. The maximum atomic E-state index is 10.9. The number of nitrogens with zero attached hydrogens (tertiary/aromatic N) is 1. The van der Waals surface area contributed by atoms with Crippen LogP contribution in [0.5, 0.6) is 5.75 Å². The van der Waals surface area contributed by atoms with Crippen molar-refractivity contribution in [2.24, 2.45) is 5.92 Å². The molecule has 21 heavy (non-hydrogen) atoms. The van der Waals surface area contributed by atoms with Gasteiger partial charge in [0.15, 0.2) is 0 Å². The van der Waals surface area contributed by atoms with Gasteiger partial charge in [0.1, 0.15) is 12.4 Å². The van der Waals surface area contributed by atoms with E-state index in [0.717, 1.165) is 31.9 Å². The largest absolute Gasteiger partial charge is 0.490 e. The standard InChI is InChI=1S/C16H23N3O2/c1-11(20)18-4-2-12-7-16(12)13-6-15(9-17-8-13)21-10-14-3-5-19-14/h6,8-9,12,14,16,19H,2-5,7,10H2,1H3,(H,18,20)/t12-,14+,16-/m1/s1. The number of carbonyl (C=O) groups is 1. The highest BCUT2D eigenvalue weighted by atomic mass is 16.5. The van der Waals surface area contributed by atoms with Gasteiger partial charge in [-0.05, 0) is 49.3 Å². The molecule has 0 unspecified atom stereocenters. The monoisotopic (exact) mass is 289 g/mol. The number of carbonyl (C=O) groups excluding carboxylic acids is 1. The molecule has 0 spiro atoms. The molecule has 2 fully saturated rings. The van der Waals surface area contributed by atoms with Crippen LogP contribution in [0.15, 0.2) is 18.5 Å². The minimum atomic E-state index is 0.0499. The first-order valence-corrected chi connectivity index (χ1v) is 7.78. The van der Waals surface area contributed by atoms with Gasteiger partial charge < -0.3 is 15.4 Å². The fraction of sp³-hybridized carbons (Fsp3) is 0.625. The van der Waals surface area contributed by atoms with E-state index < -0.39 is 0 Å². The van der Waals surface area contributed by atoms with Crippen LogP contribution in [0.1, 0.15) is 37.7 Å². The van der Waals surface area contributed by atoms with Gasteiger partial charge >= 0.3 is 0 Å². The van der Waals surface area contributed by atoms with Crippen molar-refractivity contribution in [1.82, 2.24) is 15.6 Å². The highest BCUT2D eigenvalue weighted by molar-refractivity contribution is 5.72. The Morgan fingerprint density at radius 3 is 3.10 bits per heavy atom. The number of pyridine rings is 1. The van der Waals surface area contributed by atoms with Crippen LogP contribution in [-0.4, -0.2) is 36.6 Å². The van der Waals surface area contributed by atoms with Crippen molar-refractivity contribution in [1.29, 1.82) is 0 Å². The molecule has 1 aromatic rings. The van der Waals surface area contributed by atoms with Crippen LogP contribution in [0.25, 0.3) is 0 Å². The van der Waals surface area contributed by atoms with Gasteiger partial charge in [0.2, 0.25) is 5.91 Å². The first-order chi connectivity index (χ1) is 10.2. The molecule has 0 bridgehead atoms. The average molecular weight is 289 g/mol. The van der Waals surface area contributed by atoms with Gasteiger partial charge in [-0.2, -0.15) is 0 Å². The molecule has 2 heterocycles. The third-order valence-electron chi connectivity index (χ3n) is 4.35. The van der Waals surface area contributed by atoms with Crippen molar-refractivity contribution >= 4 is 5.91 Å². The second-order valence-corrected chi connectivity index (χ2v) is 6.08. The summed E-state index contributed by atoms with van der Waals surface area (Å²) >= 11 is 0. The van der Waals surface area contributed by atoms with Gasteiger partial charge in [-0.15, -0.1) is 0 Å². The Balaban J connectivity index is 1.46. The Morgan fingerprint density at radius 1 is 1.52 bits per heavy atom. The van der Waals surface area contributed by atoms with Gasteiger partial charge in [0.25, 0.3) is 0 Å². The fourth-order valence-electron chi connectivity index (χ4n) is 2.81. The Hall–Kier alpha value is -1.62. The molecule has 1 saturated carbocycles. The molecule has 2 N–H and O–H groups in total. The van der Waals surface area contributed by atoms with Crippen LogP contribution >= 0.6 is 0 Å². The summed E-state index contributed by atoms with van der Waals surface area (Å²) in [6.45, 7) is 4.16. The minimum Gasteiger partial charge on any atom is -0.490 e. The van der Waals surface area contributed by atoms with Gasteiger partial charge in [0.05, 0.1) is 6.20 Å². The SMILES string of the molecule is CC(=O)NCC[C@@H]1C[C@H]1c1cncc(OC[C@@H]2CCN2)c1. The van der Waals surface area contributed by atoms with Crippen LogP contribution in [0.4, 0.5) is 0 Å². The lowest BCUT2D eigenvalue weighted by Gasteiger charge is -2.27. The van der Waals surface area contributed by atoms with Gasteiger partial charge in [0, 0.05) is 25.7 Å². The van der Waals surface area contributed by atoms with E-state index in [4.69, 9.17) is 4.74 Å². The molecule has 3 atom stereocenters. The molecule has 114 valence electrons. The topological polar surface area (TPSA) is 63.2 Å². The van der Waals surface area contributed by atoms with Crippen LogP contribution < -0.4 is 15.4 Å². The third-order valence-corrected chi connectivity index (χ3v) is 4.35. The molecule has 1 aliphatic heterocycles. The summed E-state index contributed by atoms with van der Waals surface area (Å²) in [5.74, 6) is 2.17. The fourth-order valence-corrected chi connectivity index (χ4v) is 2.81. The number of rotatable bonds is 7. The number of nitrogens with one attached hydrogen (secondary N) is 2. The summed E-state index contributed by atoms with van der Waals surface area (Å²) in [6, 6.07) is 2.62. The average Bonchev–Trinajstić information content (AvgIpc) is 3.16. The first-order valence-electron chi connectivity index (χ1n) is 7.78. The van der Waals surface area contributed by atoms with E-state index >= 15 is 0 Å². The third kappa shape index (κ3) is 3.94. The van der Waals surface area contributed by atoms with E-state index in [9.17, 15) is 4.79 Å². The molecule has 5 nitrogen and oxygen atoms in total. The molecule has 5 heteroatoms. The van der Waals surface area contributed by atoms with Crippen molar-refractivity contribution < 1.29 is 9.53 Å². The lowest BCUT2D eigenvalue weighted by atomic mass is 10.1. The quantitative estimate of drug-likeness (QED) is 0.797. The van der Waals surface area contributed by atoms with Crippen LogP contribution in [0.3, 0.4) is 0 Å².